The van der Waals surface area contributed by atoms with Crippen molar-refractivity contribution in [3.63, 3.8) is 0 Å². The van der Waals surface area contributed by atoms with Crippen LogP contribution in [0.2, 0.25) is 0 Å². The van der Waals surface area contributed by atoms with Gasteiger partial charge in [0.05, 0.1) is 20.3 Å². The summed E-state index contributed by atoms with van der Waals surface area (Å²) < 4.78 is 16.3. The smallest absolute Gasteiger partial charge is 0.203 e. The highest BCUT2D eigenvalue weighted by molar-refractivity contribution is 5.51. The highest BCUT2D eigenvalue weighted by atomic mass is 16.5. The van der Waals surface area contributed by atoms with Crippen LogP contribution in [-0.2, 0) is 0 Å². The largest absolute Gasteiger partial charge is 0.493 e. The summed E-state index contributed by atoms with van der Waals surface area (Å²) in [6.45, 7) is 5.30. The van der Waals surface area contributed by atoms with Crippen LogP contribution >= 0.6 is 0 Å². The SMILES string of the molecule is CCCOc1cccc(OC)c1OCC. The van der Waals surface area contributed by atoms with Crippen molar-refractivity contribution in [3.05, 3.63) is 18.2 Å². The molecule has 84 valence electrons. The first kappa shape index (κ1) is 11.7. The van der Waals surface area contributed by atoms with Crippen LogP contribution in [0, 0.1) is 0 Å². The van der Waals surface area contributed by atoms with Crippen LogP contribution in [0.3, 0.4) is 0 Å². The van der Waals surface area contributed by atoms with Crippen LogP contribution in [0.25, 0.3) is 0 Å². The van der Waals surface area contributed by atoms with E-state index in [1.54, 1.807) is 7.11 Å². The van der Waals surface area contributed by atoms with Gasteiger partial charge in [-0.15, -0.1) is 0 Å². The molecule has 0 radical (unpaired) electrons. The van der Waals surface area contributed by atoms with Crippen LogP contribution in [0.4, 0.5) is 0 Å². The molecule has 0 aliphatic carbocycles. The van der Waals surface area contributed by atoms with Crippen LogP contribution in [0.5, 0.6) is 17.2 Å². The van der Waals surface area contributed by atoms with Gasteiger partial charge in [0.15, 0.2) is 11.5 Å². The van der Waals surface area contributed by atoms with Crippen molar-refractivity contribution in [1.82, 2.24) is 0 Å². The summed E-state index contributed by atoms with van der Waals surface area (Å²) in [5.74, 6) is 2.15. The second-order valence-corrected chi connectivity index (χ2v) is 3.07. The third kappa shape index (κ3) is 3.05. The van der Waals surface area contributed by atoms with Gasteiger partial charge in [0.2, 0.25) is 5.75 Å². The van der Waals surface area contributed by atoms with Crippen LogP contribution < -0.4 is 14.2 Å². The second kappa shape index (κ2) is 6.17. The molecule has 1 rings (SSSR count). The van der Waals surface area contributed by atoms with Gasteiger partial charge in [0, 0.05) is 0 Å². The Morgan fingerprint density at radius 3 is 2.40 bits per heavy atom. The molecule has 0 heterocycles. The predicted molar refractivity (Wildman–Crippen MR) is 59.9 cm³/mol. The Hall–Kier alpha value is -1.38. The maximum atomic E-state index is 5.58. The van der Waals surface area contributed by atoms with E-state index >= 15 is 0 Å². The summed E-state index contributed by atoms with van der Waals surface area (Å²) in [6, 6.07) is 5.65. The molecule has 0 atom stereocenters. The standard InChI is InChI=1S/C12H18O3/c1-4-9-15-11-8-6-7-10(13-3)12(11)14-5-2/h6-8H,4-5,9H2,1-3H3. The maximum absolute atomic E-state index is 5.58. The summed E-state index contributed by atoms with van der Waals surface area (Å²) in [6.07, 6.45) is 0.975. The molecule has 0 aliphatic heterocycles. The Morgan fingerprint density at radius 2 is 1.80 bits per heavy atom. The minimum Gasteiger partial charge on any atom is -0.493 e. The van der Waals surface area contributed by atoms with E-state index in [2.05, 4.69) is 6.92 Å². The highest BCUT2D eigenvalue weighted by Crippen LogP contribution is 2.36. The number of hydrogen-bond donors (Lipinski definition) is 0. The molecule has 1 aromatic rings. The Morgan fingerprint density at radius 1 is 1.07 bits per heavy atom. The molecule has 0 bridgehead atoms. The summed E-state index contributed by atoms with van der Waals surface area (Å²) in [5, 5.41) is 0. The zero-order valence-corrected chi connectivity index (χ0v) is 9.58. The first-order valence-electron chi connectivity index (χ1n) is 5.26. The van der Waals surface area contributed by atoms with Crippen molar-refractivity contribution >= 4 is 0 Å². The number of ether oxygens (including phenoxy) is 3. The lowest BCUT2D eigenvalue weighted by Gasteiger charge is -2.14. The van der Waals surface area contributed by atoms with Crippen molar-refractivity contribution in [1.29, 1.82) is 0 Å². The van der Waals surface area contributed by atoms with Crippen molar-refractivity contribution in [2.45, 2.75) is 20.3 Å². The van der Waals surface area contributed by atoms with Gasteiger partial charge in [-0.2, -0.15) is 0 Å². The van der Waals surface area contributed by atoms with E-state index < -0.39 is 0 Å². The fourth-order valence-corrected chi connectivity index (χ4v) is 1.27. The van der Waals surface area contributed by atoms with Gasteiger partial charge in [-0.25, -0.2) is 0 Å². The van der Waals surface area contributed by atoms with Crippen LogP contribution in [0.15, 0.2) is 18.2 Å². The van der Waals surface area contributed by atoms with Crippen LogP contribution in [-0.4, -0.2) is 20.3 Å². The highest BCUT2D eigenvalue weighted by Gasteiger charge is 2.10. The first-order chi connectivity index (χ1) is 7.33. The minimum absolute atomic E-state index is 0.600. The summed E-state index contributed by atoms with van der Waals surface area (Å²) in [7, 11) is 1.63. The van der Waals surface area contributed by atoms with E-state index in [4.69, 9.17) is 14.2 Å². The topological polar surface area (TPSA) is 27.7 Å². The van der Waals surface area contributed by atoms with Crippen molar-refractivity contribution in [2.75, 3.05) is 20.3 Å². The molecule has 0 spiro atoms. The lowest BCUT2D eigenvalue weighted by atomic mass is 10.3. The molecule has 0 aliphatic rings. The normalized spacial score (nSPS) is 9.80. The molecule has 3 nitrogen and oxygen atoms in total. The zero-order chi connectivity index (χ0) is 11.1. The van der Waals surface area contributed by atoms with Gasteiger partial charge in [-0.3, -0.25) is 0 Å². The molecule has 0 saturated carbocycles. The van der Waals surface area contributed by atoms with Crippen molar-refractivity contribution < 1.29 is 14.2 Å². The molecular formula is C12H18O3. The van der Waals surface area contributed by atoms with E-state index in [9.17, 15) is 0 Å². The Labute approximate surface area is 91.0 Å². The maximum Gasteiger partial charge on any atom is 0.203 e. The molecule has 0 fully saturated rings. The molecule has 0 unspecified atom stereocenters. The number of para-hydroxylation sites is 1. The van der Waals surface area contributed by atoms with E-state index in [0.29, 0.717) is 24.7 Å². The Bertz CT molecular complexity index is 297. The molecular weight excluding hydrogens is 192 g/mol. The molecule has 0 aromatic heterocycles. The van der Waals surface area contributed by atoms with Gasteiger partial charge < -0.3 is 14.2 Å². The Kier molecular flexibility index (Phi) is 4.81. The summed E-state index contributed by atoms with van der Waals surface area (Å²) in [4.78, 5) is 0. The van der Waals surface area contributed by atoms with Gasteiger partial charge in [-0.1, -0.05) is 13.0 Å². The molecule has 0 N–H and O–H groups in total. The van der Waals surface area contributed by atoms with E-state index in [-0.39, 0.29) is 0 Å². The number of methoxy groups -OCH3 is 1. The third-order valence-corrected chi connectivity index (χ3v) is 1.91. The Balaban J connectivity index is 2.90. The molecule has 0 saturated heterocycles. The zero-order valence-electron chi connectivity index (χ0n) is 9.58. The average molecular weight is 210 g/mol. The molecule has 15 heavy (non-hydrogen) atoms. The van der Waals surface area contributed by atoms with Crippen LogP contribution in [0.1, 0.15) is 20.3 Å². The number of rotatable bonds is 6. The third-order valence-electron chi connectivity index (χ3n) is 1.91. The number of benzene rings is 1. The van der Waals surface area contributed by atoms with E-state index in [1.165, 1.54) is 0 Å². The van der Waals surface area contributed by atoms with Gasteiger partial charge >= 0.3 is 0 Å². The fourth-order valence-electron chi connectivity index (χ4n) is 1.27. The molecule has 1 aromatic carbocycles. The van der Waals surface area contributed by atoms with Crippen molar-refractivity contribution in [2.24, 2.45) is 0 Å². The number of hydrogen-bond acceptors (Lipinski definition) is 3. The second-order valence-electron chi connectivity index (χ2n) is 3.07. The average Bonchev–Trinajstić information content (AvgIpc) is 2.28. The van der Waals surface area contributed by atoms with E-state index in [0.717, 1.165) is 12.2 Å². The molecule has 0 amide bonds. The van der Waals surface area contributed by atoms with Gasteiger partial charge in [0.25, 0.3) is 0 Å². The molecule has 3 heteroatoms. The fraction of sp³-hybridized carbons (Fsp3) is 0.500. The lowest BCUT2D eigenvalue weighted by Crippen LogP contribution is -2.01. The minimum atomic E-state index is 0.600. The van der Waals surface area contributed by atoms with Gasteiger partial charge in [0.1, 0.15) is 0 Å². The van der Waals surface area contributed by atoms with Crippen molar-refractivity contribution in [3.8, 4) is 17.2 Å². The lowest BCUT2D eigenvalue weighted by molar-refractivity contribution is 0.264. The summed E-state index contributed by atoms with van der Waals surface area (Å²) in [5.41, 5.74) is 0. The predicted octanol–water partition coefficient (Wildman–Crippen LogP) is 2.88. The quantitative estimate of drug-likeness (QED) is 0.722. The van der Waals surface area contributed by atoms with E-state index in [1.807, 2.05) is 25.1 Å². The summed E-state index contributed by atoms with van der Waals surface area (Å²) >= 11 is 0. The first-order valence-corrected chi connectivity index (χ1v) is 5.26. The monoisotopic (exact) mass is 210 g/mol. The van der Waals surface area contributed by atoms with Gasteiger partial charge in [-0.05, 0) is 25.5 Å².